The smallest absolute Gasteiger partial charge is 0.306 e. The zero-order chi connectivity index (χ0) is 21.6. The monoisotopic (exact) mass is 400 g/mol. The van der Waals surface area contributed by atoms with Gasteiger partial charge in [-0.05, 0) is 99.7 Å². The molecule has 0 bridgehead atoms. The van der Waals surface area contributed by atoms with E-state index in [1.54, 1.807) is 11.1 Å². The fraction of sp³-hybridized carbons (Fsp3) is 0.815. The average molecular weight is 401 g/mol. The summed E-state index contributed by atoms with van der Waals surface area (Å²) in [7, 11) is 0. The zero-order valence-electron chi connectivity index (χ0n) is 20.0. The van der Waals surface area contributed by atoms with Gasteiger partial charge in [0.05, 0.1) is 5.92 Å². The highest BCUT2D eigenvalue weighted by molar-refractivity contribution is 5.70. The Balaban J connectivity index is 1.97. The zero-order valence-corrected chi connectivity index (χ0v) is 20.0. The van der Waals surface area contributed by atoms with Crippen molar-refractivity contribution in [2.75, 3.05) is 0 Å². The van der Waals surface area contributed by atoms with Gasteiger partial charge in [0.1, 0.15) is 0 Å². The summed E-state index contributed by atoms with van der Waals surface area (Å²) in [6.07, 6.45) is 12.3. The van der Waals surface area contributed by atoms with E-state index in [9.17, 15) is 9.90 Å². The first-order valence-electron chi connectivity index (χ1n) is 12.1. The maximum absolute atomic E-state index is 12.3. The number of carboxylic acid groups (broad SMARTS) is 1. The first-order valence-corrected chi connectivity index (χ1v) is 12.1. The molecular weight excluding hydrogens is 356 g/mol. The van der Waals surface area contributed by atoms with Gasteiger partial charge in [0.15, 0.2) is 0 Å². The molecule has 2 heteroatoms. The van der Waals surface area contributed by atoms with Crippen molar-refractivity contribution in [3.63, 3.8) is 0 Å². The van der Waals surface area contributed by atoms with Crippen LogP contribution in [-0.4, -0.2) is 11.1 Å². The first-order chi connectivity index (χ1) is 13.5. The third-order valence-corrected chi connectivity index (χ3v) is 10.1. The SMILES string of the molecule is CCC1(C)C2=C(CCC1C)C1(C)CCC(C(CCC=C(C)C)C(=O)O)C1(C)CC2. The van der Waals surface area contributed by atoms with Crippen LogP contribution in [0.4, 0.5) is 0 Å². The molecule has 1 fully saturated rings. The summed E-state index contributed by atoms with van der Waals surface area (Å²) < 4.78 is 0. The number of carboxylic acids is 1. The Bertz CT molecular complexity index is 712. The van der Waals surface area contributed by atoms with Crippen molar-refractivity contribution in [2.24, 2.45) is 34.0 Å². The number of rotatable bonds is 6. The lowest BCUT2D eigenvalue weighted by molar-refractivity contribution is -0.146. The van der Waals surface area contributed by atoms with Gasteiger partial charge < -0.3 is 5.11 Å². The summed E-state index contributed by atoms with van der Waals surface area (Å²) in [4.78, 5) is 12.3. The molecule has 0 heterocycles. The third-order valence-electron chi connectivity index (χ3n) is 10.1. The molecule has 0 radical (unpaired) electrons. The second-order valence-corrected chi connectivity index (χ2v) is 11.4. The topological polar surface area (TPSA) is 37.3 Å². The maximum Gasteiger partial charge on any atom is 0.306 e. The molecule has 1 saturated carbocycles. The Kier molecular flexibility index (Phi) is 6.16. The molecular formula is C27H44O2. The van der Waals surface area contributed by atoms with Crippen LogP contribution in [0, 0.1) is 34.0 Å². The molecule has 164 valence electrons. The van der Waals surface area contributed by atoms with Crippen molar-refractivity contribution in [3.05, 3.63) is 22.8 Å². The fourth-order valence-electron chi connectivity index (χ4n) is 7.57. The molecule has 0 aliphatic heterocycles. The van der Waals surface area contributed by atoms with Crippen LogP contribution in [0.1, 0.15) is 106 Å². The minimum Gasteiger partial charge on any atom is -0.481 e. The quantitative estimate of drug-likeness (QED) is 0.462. The van der Waals surface area contributed by atoms with E-state index in [-0.39, 0.29) is 16.7 Å². The van der Waals surface area contributed by atoms with Gasteiger partial charge in [0.25, 0.3) is 0 Å². The van der Waals surface area contributed by atoms with Crippen LogP contribution < -0.4 is 0 Å². The Morgan fingerprint density at radius 1 is 1.14 bits per heavy atom. The lowest BCUT2D eigenvalue weighted by atomic mass is 9.47. The van der Waals surface area contributed by atoms with E-state index in [0.717, 1.165) is 25.2 Å². The molecule has 29 heavy (non-hydrogen) atoms. The van der Waals surface area contributed by atoms with Crippen molar-refractivity contribution in [2.45, 2.75) is 106 Å². The van der Waals surface area contributed by atoms with Crippen molar-refractivity contribution >= 4 is 5.97 Å². The van der Waals surface area contributed by atoms with Crippen molar-refractivity contribution in [1.29, 1.82) is 0 Å². The van der Waals surface area contributed by atoms with E-state index >= 15 is 0 Å². The second-order valence-electron chi connectivity index (χ2n) is 11.4. The molecule has 0 amide bonds. The van der Waals surface area contributed by atoms with Crippen molar-refractivity contribution in [3.8, 4) is 0 Å². The van der Waals surface area contributed by atoms with E-state index in [1.165, 1.54) is 44.1 Å². The summed E-state index contributed by atoms with van der Waals surface area (Å²) in [5, 5.41) is 10.1. The molecule has 6 atom stereocenters. The van der Waals surface area contributed by atoms with Gasteiger partial charge >= 0.3 is 5.97 Å². The third kappa shape index (κ3) is 3.43. The molecule has 3 rings (SSSR count). The molecule has 0 aromatic rings. The van der Waals surface area contributed by atoms with Gasteiger partial charge in [-0.3, -0.25) is 4.79 Å². The van der Waals surface area contributed by atoms with Gasteiger partial charge in [-0.15, -0.1) is 0 Å². The average Bonchev–Trinajstić information content (AvgIpc) is 2.93. The number of fused-ring (bicyclic) bond motifs is 2. The Hall–Kier alpha value is -1.05. The molecule has 2 nitrogen and oxygen atoms in total. The fourth-order valence-corrected chi connectivity index (χ4v) is 7.57. The lowest BCUT2D eigenvalue weighted by Crippen LogP contribution is -2.48. The number of allylic oxidation sites excluding steroid dienone is 4. The van der Waals surface area contributed by atoms with Gasteiger partial charge in [0.2, 0.25) is 0 Å². The standard InChI is InChI=1S/C27H44O2/c1-8-25(5)19(4)12-13-23-22(25)15-17-26(6)21(14-16-27(23,26)7)20(24(28)29)11-9-10-18(2)3/h10,19-21H,8-9,11-17H2,1-7H3,(H,28,29). The number of hydrogen-bond donors (Lipinski definition) is 1. The molecule has 0 aromatic heterocycles. The largest absolute Gasteiger partial charge is 0.481 e. The Morgan fingerprint density at radius 2 is 1.83 bits per heavy atom. The first kappa shape index (κ1) is 22.6. The predicted octanol–water partition coefficient (Wildman–Crippen LogP) is 7.79. The van der Waals surface area contributed by atoms with Gasteiger partial charge in [-0.25, -0.2) is 0 Å². The summed E-state index contributed by atoms with van der Waals surface area (Å²) in [5.74, 6) is 0.279. The Labute approximate surface area is 179 Å². The number of hydrogen-bond acceptors (Lipinski definition) is 1. The van der Waals surface area contributed by atoms with Gasteiger partial charge in [0, 0.05) is 0 Å². The van der Waals surface area contributed by atoms with Gasteiger partial charge in [-0.2, -0.15) is 0 Å². The van der Waals surface area contributed by atoms with Crippen LogP contribution in [0.15, 0.2) is 22.8 Å². The molecule has 0 aromatic carbocycles. The van der Waals surface area contributed by atoms with Crippen LogP contribution in [0.3, 0.4) is 0 Å². The van der Waals surface area contributed by atoms with E-state index in [0.29, 0.717) is 11.3 Å². The van der Waals surface area contributed by atoms with Crippen molar-refractivity contribution < 1.29 is 9.90 Å². The van der Waals surface area contributed by atoms with E-state index < -0.39 is 5.97 Å². The van der Waals surface area contributed by atoms with Crippen LogP contribution in [0.25, 0.3) is 0 Å². The maximum atomic E-state index is 12.3. The number of aliphatic carboxylic acids is 1. The highest BCUT2D eigenvalue weighted by Crippen LogP contribution is 2.70. The van der Waals surface area contributed by atoms with Crippen molar-refractivity contribution in [1.82, 2.24) is 0 Å². The number of carbonyl (C=O) groups is 1. The van der Waals surface area contributed by atoms with E-state index in [1.807, 2.05) is 0 Å². The predicted molar refractivity (Wildman–Crippen MR) is 122 cm³/mol. The van der Waals surface area contributed by atoms with E-state index in [2.05, 4.69) is 54.5 Å². The summed E-state index contributed by atoms with van der Waals surface area (Å²) in [6.45, 7) is 16.5. The lowest BCUT2D eigenvalue weighted by Gasteiger charge is -2.57. The van der Waals surface area contributed by atoms with Gasteiger partial charge in [-0.1, -0.05) is 57.4 Å². The molecule has 3 aliphatic rings. The molecule has 6 unspecified atom stereocenters. The molecule has 0 saturated heterocycles. The minimum absolute atomic E-state index is 0.120. The van der Waals surface area contributed by atoms with Crippen LogP contribution in [0.2, 0.25) is 0 Å². The molecule has 3 aliphatic carbocycles. The summed E-state index contributed by atoms with van der Waals surface area (Å²) >= 11 is 0. The van der Waals surface area contributed by atoms with Crippen LogP contribution in [-0.2, 0) is 4.79 Å². The Morgan fingerprint density at radius 3 is 2.41 bits per heavy atom. The second kappa shape index (κ2) is 7.89. The summed E-state index contributed by atoms with van der Waals surface area (Å²) in [5.41, 5.74) is 5.44. The minimum atomic E-state index is -0.571. The summed E-state index contributed by atoms with van der Waals surface area (Å²) in [6, 6.07) is 0. The highest BCUT2D eigenvalue weighted by Gasteiger charge is 2.61. The normalized spacial score (nSPS) is 40.2. The molecule has 0 spiro atoms. The van der Waals surface area contributed by atoms with Crippen LogP contribution >= 0.6 is 0 Å². The highest BCUT2D eigenvalue weighted by atomic mass is 16.4. The van der Waals surface area contributed by atoms with Crippen LogP contribution in [0.5, 0.6) is 0 Å². The van der Waals surface area contributed by atoms with E-state index in [4.69, 9.17) is 0 Å². The molecule has 1 N–H and O–H groups in total.